The molecule has 0 bridgehead atoms. The molecule has 0 amide bonds. The zero-order valence-corrected chi connectivity index (χ0v) is 11.4. The summed E-state index contributed by atoms with van der Waals surface area (Å²) in [6.07, 6.45) is 5.28. The SMILES string of the molecule is CO[C@@H]1CCCC[C@H]1NCc1ccc2c(c1)OCO2. The van der Waals surface area contributed by atoms with Gasteiger partial charge in [0.05, 0.1) is 6.10 Å². The minimum atomic E-state index is 0.334. The van der Waals surface area contributed by atoms with Gasteiger partial charge in [-0.15, -0.1) is 0 Å². The van der Waals surface area contributed by atoms with Gasteiger partial charge in [-0.2, -0.15) is 0 Å². The summed E-state index contributed by atoms with van der Waals surface area (Å²) in [5, 5.41) is 3.61. The Labute approximate surface area is 114 Å². The predicted molar refractivity (Wildman–Crippen MR) is 72.5 cm³/mol. The summed E-state index contributed by atoms with van der Waals surface area (Å²) < 4.78 is 16.3. The van der Waals surface area contributed by atoms with Crippen LogP contribution < -0.4 is 14.8 Å². The molecule has 2 atom stereocenters. The number of rotatable bonds is 4. The lowest BCUT2D eigenvalue weighted by atomic mass is 9.92. The second kappa shape index (κ2) is 5.80. The van der Waals surface area contributed by atoms with E-state index in [1.165, 1.54) is 24.8 Å². The summed E-state index contributed by atoms with van der Waals surface area (Å²) in [4.78, 5) is 0. The molecule has 1 heterocycles. The molecule has 4 heteroatoms. The fourth-order valence-electron chi connectivity index (χ4n) is 2.91. The van der Waals surface area contributed by atoms with Crippen LogP contribution in [0.4, 0.5) is 0 Å². The molecule has 1 aliphatic heterocycles. The second-order valence-corrected chi connectivity index (χ2v) is 5.23. The summed E-state index contributed by atoms with van der Waals surface area (Å²) in [6, 6.07) is 6.59. The van der Waals surface area contributed by atoms with Crippen molar-refractivity contribution in [1.82, 2.24) is 5.32 Å². The molecule has 0 radical (unpaired) electrons. The van der Waals surface area contributed by atoms with Gasteiger partial charge < -0.3 is 19.5 Å². The zero-order valence-electron chi connectivity index (χ0n) is 11.4. The molecule has 0 spiro atoms. The third-order valence-corrected chi connectivity index (χ3v) is 4.01. The average Bonchev–Trinajstić information content (AvgIpc) is 2.93. The quantitative estimate of drug-likeness (QED) is 0.906. The maximum Gasteiger partial charge on any atom is 0.231 e. The van der Waals surface area contributed by atoms with Crippen molar-refractivity contribution in [2.45, 2.75) is 44.4 Å². The summed E-state index contributed by atoms with van der Waals surface area (Å²) in [5.74, 6) is 1.70. The summed E-state index contributed by atoms with van der Waals surface area (Å²) >= 11 is 0. The van der Waals surface area contributed by atoms with Gasteiger partial charge >= 0.3 is 0 Å². The van der Waals surface area contributed by atoms with E-state index in [9.17, 15) is 0 Å². The molecular formula is C15H21NO3. The molecule has 1 aromatic carbocycles. The van der Waals surface area contributed by atoms with E-state index in [4.69, 9.17) is 14.2 Å². The van der Waals surface area contributed by atoms with E-state index in [2.05, 4.69) is 17.4 Å². The fraction of sp³-hybridized carbons (Fsp3) is 0.600. The zero-order chi connectivity index (χ0) is 13.1. The fourth-order valence-corrected chi connectivity index (χ4v) is 2.91. The smallest absolute Gasteiger partial charge is 0.231 e. The van der Waals surface area contributed by atoms with Crippen molar-refractivity contribution >= 4 is 0 Å². The summed E-state index contributed by atoms with van der Waals surface area (Å²) in [5.41, 5.74) is 1.23. The Morgan fingerprint density at radius 2 is 2.05 bits per heavy atom. The van der Waals surface area contributed by atoms with Gasteiger partial charge in [-0.25, -0.2) is 0 Å². The van der Waals surface area contributed by atoms with Crippen LogP contribution in [-0.4, -0.2) is 26.0 Å². The Kier molecular flexibility index (Phi) is 3.89. The minimum Gasteiger partial charge on any atom is -0.454 e. The Bertz CT molecular complexity index is 435. The van der Waals surface area contributed by atoms with Gasteiger partial charge in [-0.1, -0.05) is 18.9 Å². The highest BCUT2D eigenvalue weighted by atomic mass is 16.7. The molecule has 4 nitrogen and oxygen atoms in total. The lowest BCUT2D eigenvalue weighted by Crippen LogP contribution is -2.42. The van der Waals surface area contributed by atoms with E-state index >= 15 is 0 Å². The van der Waals surface area contributed by atoms with Crippen LogP contribution in [-0.2, 0) is 11.3 Å². The van der Waals surface area contributed by atoms with Crippen molar-refractivity contribution in [3.63, 3.8) is 0 Å². The van der Waals surface area contributed by atoms with Crippen molar-refractivity contribution in [1.29, 1.82) is 0 Å². The van der Waals surface area contributed by atoms with Gasteiger partial charge in [-0.3, -0.25) is 0 Å². The first-order chi connectivity index (χ1) is 9.36. The number of fused-ring (bicyclic) bond motifs is 1. The van der Waals surface area contributed by atoms with Crippen LogP contribution in [0.1, 0.15) is 31.2 Å². The monoisotopic (exact) mass is 263 g/mol. The first-order valence-electron chi connectivity index (χ1n) is 7.01. The Hall–Kier alpha value is -1.26. The van der Waals surface area contributed by atoms with Gasteiger partial charge in [0.1, 0.15) is 0 Å². The lowest BCUT2D eigenvalue weighted by Gasteiger charge is -2.31. The van der Waals surface area contributed by atoms with E-state index in [1.54, 1.807) is 0 Å². The van der Waals surface area contributed by atoms with Gasteiger partial charge in [0.15, 0.2) is 11.5 Å². The molecule has 104 valence electrons. The Morgan fingerprint density at radius 3 is 2.95 bits per heavy atom. The highest BCUT2D eigenvalue weighted by Crippen LogP contribution is 2.32. The topological polar surface area (TPSA) is 39.7 Å². The number of hydrogen-bond acceptors (Lipinski definition) is 4. The van der Waals surface area contributed by atoms with E-state index < -0.39 is 0 Å². The van der Waals surface area contributed by atoms with Gasteiger partial charge in [-0.05, 0) is 30.5 Å². The predicted octanol–water partition coefficient (Wildman–Crippen LogP) is 2.46. The molecule has 0 unspecified atom stereocenters. The number of nitrogens with one attached hydrogen (secondary N) is 1. The third kappa shape index (κ3) is 2.85. The van der Waals surface area contributed by atoms with E-state index in [1.807, 2.05) is 13.2 Å². The molecule has 1 fully saturated rings. The van der Waals surface area contributed by atoms with Crippen molar-refractivity contribution in [3.8, 4) is 11.5 Å². The molecule has 1 aromatic rings. The van der Waals surface area contributed by atoms with Gasteiger partial charge in [0.2, 0.25) is 6.79 Å². The molecule has 1 saturated carbocycles. The average molecular weight is 263 g/mol. The van der Waals surface area contributed by atoms with Crippen LogP contribution in [0.5, 0.6) is 11.5 Å². The van der Waals surface area contributed by atoms with Crippen molar-refractivity contribution in [3.05, 3.63) is 23.8 Å². The second-order valence-electron chi connectivity index (χ2n) is 5.23. The van der Waals surface area contributed by atoms with Crippen LogP contribution >= 0.6 is 0 Å². The number of benzene rings is 1. The van der Waals surface area contributed by atoms with E-state index in [0.29, 0.717) is 18.9 Å². The molecule has 3 rings (SSSR count). The Balaban J connectivity index is 1.59. The van der Waals surface area contributed by atoms with Gasteiger partial charge in [0.25, 0.3) is 0 Å². The van der Waals surface area contributed by atoms with Gasteiger partial charge in [0, 0.05) is 19.7 Å². The Morgan fingerprint density at radius 1 is 1.21 bits per heavy atom. The normalized spacial score (nSPS) is 25.5. The van der Waals surface area contributed by atoms with Crippen LogP contribution in [0, 0.1) is 0 Å². The van der Waals surface area contributed by atoms with Crippen molar-refractivity contribution < 1.29 is 14.2 Å². The van der Waals surface area contributed by atoms with Crippen molar-refractivity contribution in [2.75, 3.05) is 13.9 Å². The highest BCUT2D eigenvalue weighted by molar-refractivity contribution is 5.44. The molecule has 0 saturated heterocycles. The molecule has 2 aliphatic rings. The first-order valence-corrected chi connectivity index (χ1v) is 7.01. The largest absolute Gasteiger partial charge is 0.454 e. The number of methoxy groups -OCH3 is 1. The molecule has 1 N–H and O–H groups in total. The number of ether oxygens (including phenoxy) is 3. The third-order valence-electron chi connectivity index (χ3n) is 4.01. The molecule has 1 aliphatic carbocycles. The van der Waals surface area contributed by atoms with Crippen LogP contribution in [0.2, 0.25) is 0 Å². The lowest BCUT2D eigenvalue weighted by molar-refractivity contribution is 0.0413. The number of hydrogen-bond donors (Lipinski definition) is 1. The summed E-state index contributed by atoms with van der Waals surface area (Å²) in [7, 11) is 1.81. The first kappa shape index (κ1) is 12.8. The molecule has 19 heavy (non-hydrogen) atoms. The molecule has 0 aromatic heterocycles. The van der Waals surface area contributed by atoms with Crippen LogP contribution in [0.3, 0.4) is 0 Å². The standard InChI is InChI=1S/C15H21NO3/c1-17-13-5-3-2-4-12(13)16-9-11-6-7-14-15(8-11)19-10-18-14/h6-8,12-13,16H,2-5,9-10H2,1H3/t12-,13-/m1/s1. The summed E-state index contributed by atoms with van der Waals surface area (Å²) in [6.45, 7) is 1.18. The molecular weight excluding hydrogens is 242 g/mol. The van der Waals surface area contributed by atoms with E-state index in [-0.39, 0.29) is 0 Å². The van der Waals surface area contributed by atoms with Crippen molar-refractivity contribution in [2.24, 2.45) is 0 Å². The maximum absolute atomic E-state index is 5.56. The van der Waals surface area contributed by atoms with E-state index in [0.717, 1.165) is 24.5 Å². The maximum atomic E-state index is 5.56. The van der Waals surface area contributed by atoms with Crippen LogP contribution in [0.25, 0.3) is 0 Å². The van der Waals surface area contributed by atoms with Crippen LogP contribution in [0.15, 0.2) is 18.2 Å². The highest BCUT2D eigenvalue weighted by Gasteiger charge is 2.24. The minimum absolute atomic E-state index is 0.334.